The van der Waals surface area contributed by atoms with Crippen LogP contribution in [0.5, 0.6) is 0 Å². The first kappa shape index (κ1) is 60.2. The number of unbranched alkanes of at least 4 members (excludes halogenated alkanes) is 25. The first-order chi connectivity index (χ1) is 30.0. The van der Waals surface area contributed by atoms with Crippen LogP contribution in [0.15, 0.2) is 59.7 Å². The fraction of sp³-hybridized carbons (Fsp3) is 0.695. The summed E-state index contributed by atoms with van der Waals surface area (Å²) in [5.41, 5.74) is 22.2. The summed E-state index contributed by atoms with van der Waals surface area (Å²) in [6.45, 7) is 21.2. The summed E-state index contributed by atoms with van der Waals surface area (Å²) >= 11 is 0. The second-order valence-corrected chi connectivity index (χ2v) is 18.2. The van der Waals surface area contributed by atoms with Crippen molar-refractivity contribution in [2.75, 3.05) is 0 Å². The summed E-state index contributed by atoms with van der Waals surface area (Å²) in [5.74, 6) is 0. The predicted octanol–water partition coefficient (Wildman–Crippen LogP) is 20.6. The van der Waals surface area contributed by atoms with Crippen LogP contribution in [0.2, 0.25) is 0 Å². The molecule has 0 saturated carbocycles. The third-order valence-electron chi connectivity index (χ3n) is 12.4. The van der Waals surface area contributed by atoms with Gasteiger partial charge in [-0.2, -0.15) is 12.8 Å². The fourth-order valence-corrected chi connectivity index (χ4v) is 8.59. The molecule has 0 bridgehead atoms. The molecule has 0 saturated heterocycles. The molecule has 2 aromatic rings. The summed E-state index contributed by atoms with van der Waals surface area (Å²) in [7, 11) is 0. The SMILES string of the molecule is CCCCCCCCc1cccc(C2=C(CCCCC)C(CCCCCC)=C(c3cccc(CCCCCCCC)c3)[N+]2=[N-])c1.[CH2-]CCCCCCC.[CH2-]CCCCCCC.[Pd+2]. The van der Waals surface area contributed by atoms with Crippen LogP contribution in [-0.2, 0) is 33.3 Å². The van der Waals surface area contributed by atoms with E-state index in [1.165, 1.54) is 220 Å². The van der Waals surface area contributed by atoms with E-state index in [-0.39, 0.29) is 20.4 Å². The van der Waals surface area contributed by atoms with Crippen molar-refractivity contribution < 1.29 is 25.1 Å². The molecule has 0 fully saturated rings. The Hall–Kier alpha value is -1.82. The molecule has 0 aromatic heterocycles. The number of benzene rings is 2. The van der Waals surface area contributed by atoms with Gasteiger partial charge in [-0.1, -0.05) is 226 Å². The maximum Gasteiger partial charge on any atom is 2.00 e. The summed E-state index contributed by atoms with van der Waals surface area (Å²) in [6.07, 6.45) is 44.7. The number of allylic oxidation sites excluding steroid dienone is 2. The van der Waals surface area contributed by atoms with Gasteiger partial charge < -0.3 is 19.4 Å². The molecule has 3 rings (SSSR count). The molecular weight excluding hydrogens is 843 g/mol. The van der Waals surface area contributed by atoms with Crippen molar-refractivity contribution in [3.8, 4) is 0 Å². The van der Waals surface area contributed by atoms with Crippen molar-refractivity contribution in [3.05, 3.63) is 101 Å². The van der Waals surface area contributed by atoms with Crippen molar-refractivity contribution in [1.82, 2.24) is 0 Å². The maximum absolute atomic E-state index is 12.1. The van der Waals surface area contributed by atoms with E-state index in [9.17, 15) is 5.53 Å². The molecule has 0 aliphatic carbocycles. The van der Waals surface area contributed by atoms with E-state index in [4.69, 9.17) is 0 Å². The van der Waals surface area contributed by atoms with Crippen molar-refractivity contribution in [2.24, 2.45) is 0 Å². The number of rotatable bonds is 35. The maximum atomic E-state index is 12.1. The Morgan fingerprint density at radius 1 is 0.371 bits per heavy atom. The van der Waals surface area contributed by atoms with Gasteiger partial charge in [0.05, 0.1) is 0 Å². The Kier molecular flexibility index (Phi) is 41.8. The van der Waals surface area contributed by atoms with Gasteiger partial charge in [-0.3, -0.25) is 0 Å². The number of nitrogens with zero attached hydrogens (tertiary/aromatic N) is 2. The topological polar surface area (TPSA) is 25.3 Å². The van der Waals surface area contributed by atoms with Crippen LogP contribution in [0.1, 0.15) is 276 Å². The normalized spacial score (nSPS) is 12.3. The summed E-state index contributed by atoms with van der Waals surface area (Å²) in [6, 6.07) is 18.2. The zero-order chi connectivity index (χ0) is 44.6. The Labute approximate surface area is 401 Å². The van der Waals surface area contributed by atoms with Gasteiger partial charge in [0, 0.05) is 22.3 Å². The molecule has 1 aliphatic heterocycles. The third-order valence-corrected chi connectivity index (χ3v) is 12.4. The number of hydrogen-bond acceptors (Lipinski definition) is 0. The molecular formula is C59H100N2Pd. The third kappa shape index (κ3) is 27.5. The molecule has 62 heavy (non-hydrogen) atoms. The average Bonchev–Trinajstić information content (AvgIpc) is 3.55. The van der Waals surface area contributed by atoms with E-state index >= 15 is 0 Å². The van der Waals surface area contributed by atoms with Crippen LogP contribution >= 0.6 is 0 Å². The second kappa shape index (κ2) is 43.1. The van der Waals surface area contributed by atoms with Crippen LogP contribution < -0.4 is 0 Å². The molecule has 0 N–H and O–H groups in total. The number of aryl methyl sites for hydroxylation is 2. The van der Waals surface area contributed by atoms with Crippen LogP contribution in [-0.4, -0.2) is 4.70 Å². The summed E-state index contributed by atoms with van der Waals surface area (Å²) in [4.78, 5) is 0. The van der Waals surface area contributed by atoms with Gasteiger partial charge in [-0.15, -0.1) is 0 Å². The average molecular weight is 944 g/mol. The van der Waals surface area contributed by atoms with Gasteiger partial charge in [0.15, 0.2) is 0 Å². The van der Waals surface area contributed by atoms with Crippen molar-refractivity contribution in [3.63, 3.8) is 0 Å². The van der Waals surface area contributed by atoms with Gasteiger partial charge in [-0.05, 0) is 86.8 Å². The predicted molar refractivity (Wildman–Crippen MR) is 275 cm³/mol. The molecule has 0 radical (unpaired) electrons. The molecule has 0 atom stereocenters. The zero-order valence-electron chi connectivity index (χ0n) is 42.0. The van der Waals surface area contributed by atoms with Crippen LogP contribution in [0.25, 0.3) is 16.9 Å². The Morgan fingerprint density at radius 3 is 1.00 bits per heavy atom. The molecule has 2 aromatic carbocycles. The Bertz CT molecular complexity index is 1380. The zero-order valence-corrected chi connectivity index (χ0v) is 43.5. The first-order valence-electron chi connectivity index (χ1n) is 26.7. The summed E-state index contributed by atoms with van der Waals surface area (Å²) < 4.78 is 1.60. The van der Waals surface area contributed by atoms with E-state index in [2.05, 4.69) is 104 Å². The molecule has 0 spiro atoms. The minimum atomic E-state index is 0. The monoisotopic (exact) mass is 943 g/mol. The molecule has 1 aliphatic rings. The second-order valence-electron chi connectivity index (χ2n) is 18.2. The van der Waals surface area contributed by atoms with Gasteiger partial charge in [0.25, 0.3) is 0 Å². The van der Waals surface area contributed by atoms with E-state index in [0.717, 1.165) is 49.9 Å². The number of hydrogen-bond donors (Lipinski definition) is 0. The fourth-order valence-electron chi connectivity index (χ4n) is 8.59. The van der Waals surface area contributed by atoms with Gasteiger partial charge in [-0.25, -0.2) is 4.70 Å². The molecule has 0 amide bonds. The largest absolute Gasteiger partial charge is 2.00 e. The minimum Gasteiger partial charge on any atom is -0.493 e. The van der Waals surface area contributed by atoms with Crippen molar-refractivity contribution in [1.29, 1.82) is 0 Å². The van der Waals surface area contributed by atoms with Gasteiger partial charge >= 0.3 is 20.4 Å². The van der Waals surface area contributed by atoms with Crippen molar-refractivity contribution in [2.45, 2.75) is 266 Å². The van der Waals surface area contributed by atoms with Crippen molar-refractivity contribution >= 4 is 11.4 Å². The van der Waals surface area contributed by atoms with E-state index in [1.54, 1.807) is 4.70 Å². The molecule has 0 unspecified atom stereocenters. The van der Waals surface area contributed by atoms with E-state index in [1.807, 2.05) is 0 Å². The summed E-state index contributed by atoms with van der Waals surface area (Å²) in [5, 5.41) is 0. The Morgan fingerprint density at radius 2 is 0.645 bits per heavy atom. The van der Waals surface area contributed by atoms with Crippen LogP contribution in [0.3, 0.4) is 0 Å². The quantitative estimate of drug-likeness (QED) is 0.0285. The standard InChI is InChI=1S/C43H66N2.2C8H17.Pd/c1-5-9-13-16-18-21-26-36-28-24-30-38(34-36)42-40(32-20-12-8-4)41(33-23-15-11-7-3)43(45(42)44)39-31-25-29-37(35-39)27-22-19-17-14-10-6-2;2*1-3-5-7-8-6-4-2;/h24-25,28-31,34-35H,5-23,26-27,32-33H2,1-4H3;2*1,3-8H2,2H3;/q;2*-1;+2. The molecule has 3 heteroatoms. The van der Waals surface area contributed by atoms with Gasteiger partial charge in [0.1, 0.15) is 0 Å². The van der Waals surface area contributed by atoms with Crippen LogP contribution in [0.4, 0.5) is 0 Å². The Balaban J connectivity index is 0.00000184. The minimum absolute atomic E-state index is 0. The van der Waals surface area contributed by atoms with Crippen LogP contribution in [0, 0.1) is 13.8 Å². The molecule has 2 nitrogen and oxygen atoms in total. The smallest absolute Gasteiger partial charge is 0.493 e. The molecule has 356 valence electrons. The van der Waals surface area contributed by atoms with E-state index < -0.39 is 0 Å². The van der Waals surface area contributed by atoms with E-state index in [0.29, 0.717) is 0 Å². The molecule has 1 heterocycles. The first-order valence-corrected chi connectivity index (χ1v) is 26.7. The van der Waals surface area contributed by atoms with Gasteiger partial charge in [0.2, 0.25) is 11.4 Å².